The van der Waals surface area contributed by atoms with Crippen LogP contribution < -0.4 is 4.72 Å². The summed E-state index contributed by atoms with van der Waals surface area (Å²) in [4.78, 5) is 25.2. The maximum absolute atomic E-state index is 12.3. The van der Waals surface area contributed by atoms with E-state index < -0.39 is 34.5 Å². The van der Waals surface area contributed by atoms with Crippen molar-refractivity contribution in [3.05, 3.63) is 17.5 Å². The topological polar surface area (TPSA) is 104 Å². The molecule has 1 amide bonds. The standard InChI is InChI=1S/C14H18N2O5S2/c17-11(7-15-23(20,21)12-5-2-6-22-12)16-8-9-3-1-4-10(9)13(16)14(18)19/h2,5-6,9-10,13,15H,1,3-4,7-8H2,(H,18,19). The second-order valence-electron chi connectivity index (χ2n) is 5.94. The quantitative estimate of drug-likeness (QED) is 0.808. The molecular formula is C14H18N2O5S2. The number of carbonyl (C=O) groups excluding carboxylic acids is 1. The van der Waals surface area contributed by atoms with Gasteiger partial charge in [-0.2, -0.15) is 0 Å². The number of thiophene rings is 1. The molecule has 2 heterocycles. The Labute approximate surface area is 138 Å². The van der Waals surface area contributed by atoms with Gasteiger partial charge in [0, 0.05) is 6.54 Å². The number of likely N-dealkylation sites (tertiary alicyclic amines) is 1. The van der Waals surface area contributed by atoms with Crippen LogP contribution in [0.5, 0.6) is 0 Å². The van der Waals surface area contributed by atoms with Crippen LogP contribution in [0.15, 0.2) is 21.7 Å². The molecule has 0 bridgehead atoms. The molecule has 9 heteroatoms. The number of hydrogen-bond acceptors (Lipinski definition) is 5. The highest BCUT2D eigenvalue weighted by atomic mass is 32.2. The number of sulfonamides is 1. The predicted molar refractivity (Wildman–Crippen MR) is 83.5 cm³/mol. The van der Waals surface area contributed by atoms with Crippen molar-refractivity contribution in [3.63, 3.8) is 0 Å². The van der Waals surface area contributed by atoms with E-state index in [2.05, 4.69) is 4.72 Å². The van der Waals surface area contributed by atoms with Crippen LogP contribution in [-0.4, -0.2) is 49.4 Å². The van der Waals surface area contributed by atoms with E-state index in [1.807, 2.05) is 0 Å². The SMILES string of the molecule is O=C(O)C1C2CCCC2CN1C(=O)CNS(=O)(=O)c1cccs1. The van der Waals surface area contributed by atoms with Gasteiger partial charge in [-0.15, -0.1) is 11.3 Å². The molecule has 0 radical (unpaired) electrons. The van der Waals surface area contributed by atoms with E-state index in [1.54, 1.807) is 11.4 Å². The fourth-order valence-corrected chi connectivity index (χ4v) is 5.64. The summed E-state index contributed by atoms with van der Waals surface area (Å²) in [6.07, 6.45) is 2.73. The van der Waals surface area contributed by atoms with Gasteiger partial charge >= 0.3 is 5.97 Å². The summed E-state index contributed by atoms with van der Waals surface area (Å²) >= 11 is 1.06. The van der Waals surface area contributed by atoms with Crippen molar-refractivity contribution >= 4 is 33.2 Å². The molecule has 7 nitrogen and oxygen atoms in total. The smallest absolute Gasteiger partial charge is 0.326 e. The fourth-order valence-electron chi connectivity index (χ4n) is 3.62. The lowest BCUT2D eigenvalue weighted by atomic mass is 9.94. The first-order valence-corrected chi connectivity index (χ1v) is 9.82. The van der Waals surface area contributed by atoms with Gasteiger partial charge in [0.1, 0.15) is 10.3 Å². The molecule has 0 spiro atoms. The van der Waals surface area contributed by atoms with Gasteiger partial charge in [0.25, 0.3) is 10.0 Å². The minimum atomic E-state index is -3.72. The van der Waals surface area contributed by atoms with Gasteiger partial charge in [-0.25, -0.2) is 17.9 Å². The molecule has 3 atom stereocenters. The molecule has 1 aliphatic heterocycles. The monoisotopic (exact) mass is 358 g/mol. The number of carboxylic acids is 1. The third-order valence-corrected chi connectivity index (χ3v) is 7.44. The van der Waals surface area contributed by atoms with Crippen molar-refractivity contribution in [2.75, 3.05) is 13.1 Å². The number of nitrogens with one attached hydrogen (secondary N) is 1. The van der Waals surface area contributed by atoms with Gasteiger partial charge < -0.3 is 10.0 Å². The Morgan fingerprint density at radius 1 is 1.39 bits per heavy atom. The normalized spacial score (nSPS) is 27.1. The van der Waals surface area contributed by atoms with E-state index >= 15 is 0 Å². The number of amides is 1. The Kier molecular flexibility index (Phi) is 4.43. The Morgan fingerprint density at radius 2 is 2.17 bits per heavy atom. The average molecular weight is 358 g/mol. The average Bonchev–Trinajstić information content (AvgIpc) is 3.19. The molecule has 126 valence electrons. The molecule has 2 N–H and O–H groups in total. The predicted octanol–water partition coefficient (Wildman–Crippen LogP) is 0.738. The van der Waals surface area contributed by atoms with Crippen molar-refractivity contribution in [1.29, 1.82) is 0 Å². The van der Waals surface area contributed by atoms with Crippen LogP contribution in [-0.2, 0) is 19.6 Å². The van der Waals surface area contributed by atoms with Crippen molar-refractivity contribution in [2.45, 2.75) is 29.5 Å². The molecule has 0 aromatic carbocycles. The van der Waals surface area contributed by atoms with E-state index in [0.717, 1.165) is 30.6 Å². The van der Waals surface area contributed by atoms with Crippen LogP contribution in [0.2, 0.25) is 0 Å². The minimum absolute atomic E-state index is 0.00893. The lowest BCUT2D eigenvalue weighted by Crippen LogP contribution is -2.47. The molecule has 1 aromatic heterocycles. The molecule has 1 aliphatic carbocycles. The third kappa shape index (κ3) is 3.13. The van der Waals surface area contributed by atoms with Crippen LogP contribution in [0.25, 0.3) is 0 Å². The highest BCUT2D eigenvalue weighted by molar-refractivity contribution is 7.91. The summed E-state index contributed by atoms with van der Waals surface area (Å²) in [5, 5.41) is 11.1. The summed E-state index contributed by atoms with van der Waals surface area (Å²) in [6, 6.07) is 2.24. The maximum atomic E-state index is 12.3. The third-order valence-electron chi connectivity index (χ3n) is 4.64. The second-order valence-corrected chi connectivity index (χ2v) is 8.88. The highest BCUT2D eigenvalue weighted by Gasteiger charge is 2.49. The van der Waals surface area contributed by atoms with Crippen molar-refractivity contribution < 1.29 is 23.1 Å². The largest absolute Gasteiger partial charge is 0.480 e. The number of aliphatic carboxylic acids is 1. The molecule has 23 heavy (non-hydrogen) atoms. The zero-order valence-electron chi connectivity index (χ0n) is 12.3. The number of carbonyl (C=O) groups is 2. The van der Waals surface area contributed by atoms with Gasteiger partial charge in [0.15, 0.2) is 0 Å². The highest BCUT2D eigenvalue weighted by Crippen LogP contribution is 2.42. The maximum Gasteiger partial charge on any atom is 0.326 e. The molecular weight excluding hydrogens is 340 g/mol. The van der Waals surface area contributed by atoms with E-state index in [0.29, 0.717) is 6.54 Å². The zero-order valence-corrected chi connectivity index (χ0v) is 14.0. The van der Waals surface area contributed by atoms with Gasteiger partial charge in [-0.3, -0.25) is 4.79 Å². The minimum Gasteiger partial charge on any atom is -0.480 e. The molecule has 1 saturated heterocycles. The Balaban J connectivity index is 1.67. The van der Waals surface area contributed by atoms with Crippen LogP contribution in [0.1, 0.15) is 19.3 Å². The first-order chi connectivity index (χ1) is 10.9. The number of rotatable bonds is 5. The van der Waals surface area contributed by atoms with Crippen LogP contribution in [0.4, 0.5) is 0 Å². The number of carboxylic acid groups (broad SMARTS) is 1. The van der Waals surface area contributed by atoms with Crippen LogP contribution in [0, 0.1) is 11.8 Å². The molecule has 3 unspecified atom stereocenters. The van der Waals surface area contributed by atoms with Gasteiger partial charge in [0.05, 0.1) is 6.54 Å². The first-order valence-electron chi connectivity index (χ1n) is 7.45. The first kappa shape index (κ1) is 16.4. The van der Waals surface area contributed by atoms with Crippen LogP contribution in [0.3, 0.4) is 0 Å². The number of fused-ring (bicyclic) bond motifs is 1. The molecule has 1 aromatic rings. The van der Waals surface area contributed by atoms with E-state index in [4.69, 9.17) is 0 Å². The molecule has 1 saturated carbocycles. The summed E-state index contributed by atoms with van der Waals surface area (Å²) in [7, 11) is -3.72. The Hall–Kier alpha value is -1.45. The van der Waals surface area contributed by atoms with E-state index in [-0.39, 0.29) is 16.0 Å². The fraction of sp³-hybridized carbons (Fsp3) is 0.571. The van der Waals surface area contributed by atoms with Crippen molar-refractivity contribution in [3.8, 4) is 0 Å². The van der Waals surface area contributed by atoms with Crippen molar-refractivity contribution in [2.24, 2.45) is 11.8 Å². The van der Waals surface area contributed by atoms with Gasteiger partial charge in [0.2, 0.25) is 5.91 Å². The lowest BCUT2D eigenvalue weighted by molar-refractivity contribution is -0.149. The zero-order chi connectivity index (χ0) is 16.6. The van der Waals surface area contributed by atoms with E-state index in [9.17, 15) is 23.1 Å². The van der Waals surface area contributed by atoms with Gasteiger partial charge in [-0.05, 0) is 36.1 Å². The second kappa shape index (κ2) is 6.21. The summed E-state index contributed by atoms with van der Waals surface area (Å²) in [5.41, 5.74) is 0. The molecule has 2 aliphatic rings. The summed E-state index contributed by atoms with van der Waals surface area (Å²) in [6.45, 7) is -0.00928. The number of hydrogen-bond donors (Lipinski definition) is 2. The van der Waals surface area contributed by atoms with Crippen LogP contribution >= 0.6 is 11.3 Å². The lowest BCUT2D eigenvalue weighted by Gasteiger charge is -2.24. The van der Waals surface area contributed by atoms with E-state index in [1.165, 1.54) is 11.0 Å². The Bertz CT molecular complexity index is 701. The molecule has 2 fully saturated rings. The Morgan fingerprint density at radius 3 is 2.83 bits per heavy atom. The number of nitrogens with zero attached hydrogens (tertiary/aromatic N) is 1. The summed E-state index contributed by atoms with van der Waals surface area (Å²) in [5.74, 6) is -1.28. The van der Waals surface area contributed by atoms with Gasteiger partial charge in [-0.1, -0.05) is 12.5 Å². The summed E-state index contributed by atoms with van der Waals surface area (Å²) < 4.78 is 26.5. The molecule has 3 rings (SSSR count). The van der Waals surface area contributed by atoms with Crippen molar-refractivity contribution in [1.82, 2.24) is 9.62 Å².